The molecule has 3 N–H and O–H groups in total. The van der Waals surface area contributed by atoms with Crippen LogP contribution in [0.1, 0.15) is 17.9 Å². The number of amides is 1. The van der Waals surface area contributed by atoms with Gasteiger partial charge in [-0.05, 0) is 66.4 Å². The molecular weight excluding hydrogens is 564 g/mol. The van der Waals surface area contributed by atoms with Crippen molar-refractivity contribution in [3.05, 3.63) is 121 Å². The van der Waals surface area contributed by atoms with Crippen LogP contribution in [-0.2, 0) is 34.0 Å². The number of nitrogens with one attached hydrogen (secondary N) is 1. The van der Waals surface area contributed by atoms with Gasteiger partial charge < -0.3 is 15.8 Å². The molecular formula is C30H30N2O7S2. The molecule has 1 atom stereocenters. The summed E-state index contributed by atoms with van der Waals surface area (Å²) >= 11 is 0. The molecule has 41 heavy (non-hydrogen) atoms. The molecule has 0 aliphatic heterocycles. The molecule has 3 aromatic carbocycles. The predicted octanol–water partition coefficient (Wildman–Crippen LogP) is 4.16. The third-order valence-corrected chi connectivity index (χ3v) is 9.68. The van der Waals surface area contributed by atoms with Gasteiger partial charge in [-0.3, -0.25) is 9.59 Å². The van der Waals surface area contributed by atoms with Crippen LogP contribution < -0.4 is 11.1 Å². The maximum Gasteiger partial charge on any atom is 0.306 e. The summed E-state index contributed by atoms with van der Waals surface area (Å²) in [5.41, 5.74) is 6.44. The Morgan fingerprint density at radius 1 is 0.878 bits per heavy atom. The Morgan fingerprint density at radius 2 is 1.44 bits per heavy atom. The fourth-order valence-corrected chi connectivity index (χ4v) is 6.69. The Labute approximate surface area is 239 Å². The molecule has 11 heteroatoms. The van der Waals surface area contributed by atoms with Gasteiger partial charge in [-0.25, -0.2) is 16.8 Å². The summed E-state index contributed by atoms with van der Waals surface area (Å²) in [6, 6.07) is 19.2. The van der Waals surface area contributed by atoms with Gasteiger partial charge in [-0.2, -0.15) is 0 Å². The van der Waals surface area contributed by atoms with E-state index in [1.54, 1.807) is 36.4 Å². The molecule has 0 saturated carbocycles. The van der Waals surface area contributed by atoms with Gasteiger partial charge in [0.25, 0.3) is 5.91 Å². The van der Waals surface area contributed by atoms with Crippen molar-refractivity contribution in [3.8, 4) is 0 Å². The van der Waals surface area contributed by atoms with E-state index >= 15 is 0 Å². The third-order valence-electron chi connectivity index (χ3n) is 6.06. The maximum absolute atomic E-state index is 13.2. The van der Waals surface area contributed by atoms with Gasteiger partial charge in [-0.1, -0.05) is 49.1 Å². The fraction of sp³-hybridized carbons (Fsp3) is 0.133. The van der Waals surface area contributed by atoms with Crippen molar-refractivity contribution >= 4 is 37.2 Å². The molecule has 1 unspecified atom stereocenters. The van der Waals surface area contributed by atoms with Crippen LogP contribution in [0.15, 0.2) is 130 Å². The lowest BCUT2D eigenvalue weighted by Crippen LogP contribution is -2.19. The van der Waals surface area contributed by atoms with Crippen LogP contribution in [0.3, 0.4) is 0 Å². The number of benzene rings is 3. The van der Waals surface area contributed by atoms with Crippen LogP contribution in [0, 0.1) is 0 Å². The molecule has 3 aromatic rings. The highest BCUT2D eigenvalue weighted by atomic mass is 32.2. The van der Waals surface area contributed by atoms with E-state index in [-0.39, 0.29) is 32.4 Å². The van der Waals surface area contributed by atoms with E-state index in [2.05, 4.69) is 11.9 Å². The Kier molecular flexibility index (Phi) is 10.4. The lowest BCUT2D eigenvalue weighted by Gasteiger charge is -2.17. The Hall–Kier alpha value is -4.48. The van der Waals surface area contributed by atoms with Gasteiger partial charge in [0.15, 0.2) is 9.84 Å². The van der Waals surface area contributed by atoms with E-state index in [0.29, 0.717) is 11.3 Å². The quantitative estimate of drug-likeness (QED) is 0.180. The summed E-state index contributed by atoms with van der Waals surface area (Å²) in [6.07, 6.45) is 5.74. The Bertz CT molecular complexity index is 1660. The van der Waals surface area contributed by atoms with E-state index < -0.39 is 37.5 Å². The van der Waals surface area contributed by atoms with Gasteiger partial charge in [0.2, 0.25) is 9.84 Å². The molecule has 0 radical (unpaired) electrons. The van der Waals surface area contributed by atoms with Crippen molar-refractivity contribution < 1.29 is 31.2 Å². The first-order valence-corrected chi connectivity index (χ1v) is 15.5. The van der Waals surface area contributed by atoms with Gasteiger partial charge in [0.1, 0.15) is 0 Å². The summed E-state index contributed by atoms with van der Waals surface area (Å²) in [5.74, 6) is -2.02. The SMILES string of the molecule is C=C(/C=C\C=C/N)C(=O)Nc1ccc(S(=O)(=O)c2ccc(S(=O)(=O)CC(CC(=O)OC)c3ccccc3)cc2)cc1. The molecule has 9 nitrogen and oxygen atoms in total. The lowest BCUT2D eigenvalue weighted by atomic mass is 9.98. The van der Waals surface area contributed by atoms with Gasteiger partial charge >= 0.3 is 5.97 Å². The number of nitrogens with two attached hydrogens (primary N) is 1. The number of anilines is 1. The van der Waals surface area contributed by atoms with Crippen molar-refractivity contribution in [1.82, 2.24) is 0 Å². The van der Waals surface area contributed by atoms with E-state index in [1.807, 2.05) is 0 Å². The van der Waals surface area contributed by atoms with Crippen molar-refractivity contribution in [3.63, 3.8) is 0 Å². The zero-order valence-corrected chi connectivity index (χ0v) is 23.9. The van der Waals surface area contributed by atoms with E-state index in [0.717, 1.165) is 0 Å². The van der Waals surface area contributed by atoms with E-state index in [1.165, 1.54) is 74.0 Å². The molecule has 0 aliphatic carbocycles. The smallest absolute Gasteiger partial charge is 0.306 e. The predicted molar refractivity (Wildman–Crippen MR) is 156 cm³/mol. The minimum absolute atomic E-state index is 0.0415. The molecule has 0 heterocycles. The number of allylic oxidation sites excluding steroid dienone is 2. The van der Waals surface area contributed by atoms with Crippen molar-refractivity contribution in [1.29, 1.82) is 0 Å². The molecule has 214 valence electrons. The number of hydrogen-bond donors (Lipinski definition) is 2. The van der Waals surface area contributed by atoms with Crippen LogP contribution in [0.2, 0.25) is 0 Å². The number of carbonyl (C=O) groups excluding carboxylic acids is 2. The number of esters is 1. The Balaban J connectivity index is 1.76. The third kappa shape index (κ3) is 8.26. The lowest BCUT2D eigenvalue weighted by molar-refractivity contribution is -0.140. The second-order valence-electron chi connectivity index (χ2n) is 8.89. The minimum atomic E-state index is -3.98. The van der Waals surface area contributed by atoms with Crippen molar-refractivity contribution in [2.45, 2.75) is 27.0 Å². The monoisotopic (exact) mass is 594 g/mol. The summed E-state index contributed by atoms with van der Waals surface area (Å²) in [7, 11) is -6.63. The zero-order chi connectivity index (χ0) is 30.0. The zero-order valence-electron chi connectivity index (χ0n) is 22.3. The molecule has 0 aromatic heterocycles. The molecule has 3 rings (SSSR count). The molecule has 0 aliphatic rings. The average molecular weight is 595 g/mol. The average Bonchev–Trinajstić information content (AvgIpc) is 2.97. The number of ether oxygens (including phenoxy) is 1. The summed E-state index contributed by atoms with van der Waals surface area (Å²) in [5, 5.41) is 2.62. The highest BCUT2D eigenvalue weighted by Crippen LogP contribution is 2.28. The molecule has 0 saturated heterocycles. The standard InChI is InChI=1S/C30H30N2O7S2/c1-22(8-6-7-19-31)30(34)32-25-11-13-27(14-12-25)41(37,38)28-17-15-26(16-18-28)40(35,36)21-24(20-29(33)39-2)23-9-4-3-5-10-23/h3-19,24H,1,20-21,31H2,2H3,(H,32,34)/b8-6-,19-7-. The van der Waals surface area contributed by atoms with Gasteiger partial charge in [0, 0.05) is 17.2 Å². The summed E-state index contributed by atoms with van der Waals surface area (Å²) in [4.78, 5) is 24.0. The van der Waals surface area contributed by atoms with E-state index in [9.17, 15) is 26.4 Å². The van der Waals surface area contributed by atoms with Gasteiger partial charge in [0.05, 0.1) is 34.0 Å². The fourth-order valence-electron chi connectivity index (χ4n) is 3.85. The second-order valence-corrected chi connectivity index (χ2v) is 12.9. The van der Waals surface area contributed by atoms with Crippen LogP contribution >= 0.6 is 0 Å². The van der Waals surface area contributed by atoms with Crippen LogP contribution in [0.4, 0.5) is 5.69 Å². The molecule has 0 spiro atoms. The topological polar surface area (TPSA) is 150 Å². The normalized spacial score (nSPS) is 12.7. The van der Waals surface area contributed by atoms with Crippen molar-refractivity contribution in [2.75, 3.05) is 18.2 Å². The van der Waals surface area contributed by atoms with Crippen LogP contribution in [0.5, 0.6) is 0 Å². The van der Waals surface area contributed by atoms with E-state index in [4.69, 9.17) is 10.5 Å². The van der Waals surface area contributed by atoms with Gasteiger partial charge in [-0.15, -0.1) is 0 Å². The molecule has 1 amide bonds. The Morgan fingerprint density at radius 3 is 2.00 bits per heavy atom. The van der Waals surface area contributed by atoms with Crippen LogP contribution in [0.25, 0.3) is 0 Å². The number of hydrogen-bond acceptors (Lipinski definition) is 8. The first-order chi connectivity index (χ1) is 19.5. The summed E-state index contributed by atoms with van der Waals surface area (Å²) < 4.78 is 57.5. The number of sulfone groups is 2. The molecule has 0 fully saturated rings. The first kappa shape index (κ1) is 31.1. The van der Waals surface area contributed by atoms with Crippen molar-refractivity contribution in [2.24, 2.45) is 5.73 Å². The highest BCUT2D eigenvalue weighted by molar-refractivity contribution is 7.92. The molecule has 0 bridgehead atoms. The first-order valence-electron chi connectivity index (χ1n) is 12.3. The number of methoxy groups -OCH3 is 1. The maximum atomic E-state index is 13.2. The number of rotatable bonds is 12. The summed E-state index contributed by atoms with van der Waals surface area (Å²) in [6.45, 7) is 3.66. The largest absolute Gasteiger partial charge is 0.469 e. The number of carbonyl (C=O) groups is 2. The highest BCUT2D eigenvalue weighted by Gasteiger charge is 2.26. The second kappa shape index (κ2) is 13.7. The minimum Gasteiger partial charge on any atom is -0.469 e. The van der Waals surface area contributed by atoms with Crippen LogP contribution in [-0.4, -0.2) is 41.6 Å².